The van der Waals surface area contributed by atoms with Crippen molar-refractivity contribution in [2.24, 2.45) is 0 Å². The molecule has 6 atom stereocenters. The molecule has 2 fully saturated rings. The normalized spacial score (nSPS) is 28.7. The van der Waals surface area contributed by atoms with Gasteiger partial charge < -0.3 is 39.3 Å². The van der Waals surface area contributed by atoms with Crippen molar-refractivity contribution < 1.29 is 43.6 Å². The molecule has 6 rings (SSSR count). The summed E-state index contributed by atoms with van der Waals surface area (Å²) in [5.74, 6) is -1.30. The fourth-order valence-corrected chi connectivity index (χ4v) is 6.42. The molecule has 0 spiro atoms. The van der Waals surface area contributed by atoms with E-state index >= 15 is 0 Å². The number of aromatic nitrogens is 3. The maximum absolute atomic E-state index is 13.6. The molecule has 3 aliphatic heterocycles. The lowest BCUT2D eigenvalue weighted by Gasteiger charge is -2.40. The van der Waals surface area contributed by atoms with Crippen LogP contribution in [0.2, 0.25) is 0 Å². The number of fused-ring (bicyclic) bond motifs is 2. The van der Waals surface area contributed by atoms with Crippen LogP contribution in [0.4, 0.5) is 4.39 Å². The number of aliphatic hydroxyl groups excluding tert-OH is 3. The van der Waals surface area contributed by atoms with Crippen LogP contribution in [0.25, 0.3) is 11.0 Å². The molecule has 0 radical (unpaired) electrons. The molecule has 232 valence electrons. The molecule has 1 unspecified atom stereocenters. The largest absolute Gasteiger partial charge is 0.479 e. The van der Waals surface area contributed by atoms with E-state index in [0.717, 1.165) is 37.0 Å². The van der Waals surface area contributed by atoms with Gasteiger partial charge in [-0.2, -0.15) is 0 Å². The van der Waals surface area contributed by atoms with Crippen LogP contribution in [-0.4, -0.2) is 96.3 Å². The zero-order valence-corrected chi connectivity index (χ0v) is 23.6. The predicted octanol–water partition coefficient (Wildman–Crippen LogP) is 0.998. The number of likely N-dealkylation sites (tertiary alicyclic amines) is 1. The van der Waals surface area contributed by atoms with Gasteiger partial charge in [0, 0.05) is 41.7 Å². The van der Waals surface area contributed by atoms with Crippen LogP contribution < -0.4 is 5.56 Å². The summed E-state index contributed by atoms with van der Waals surface area (Å²) in [6, 6.07) is 4.47. The van der Waals surface area contributed by atoms with Crippen LogP contribution in [0.15, 0.2) is 27.5 Å². The van der Waals surface area contributed by atoms with Crippen LogP contribution >= 0.6 is 0 Å². The number of piperidine rings is 1. The second-order valence-electron chi connectivity index (χ2n) is 11.6. The smallest absolute Gasteiger partial charge is 0.335 e. The summed E-state index contributed by atoms with van der Waals surface area (Å²) in [7, 11) is 0. The number of carboxylic acids is 1. The Morgan fingerprint density at radius 2 is 1.88 bits per heavy atom. The maximum Gasteiger partial charge on any atom is 0.335 e. The molecule has 14 heteroatoms. The molecule has 2 saturated heterocycles. The summed E-state index contributed by atoms with van der Waals surface area (Å²) in [6.45, 7) is 4.50. The molecule has 1 aromatic carbocycles. The van der Waals surface area contributed by atoms with Gasteiger partial charge in [-0.1, -0.05) is 5.16 Å². The summed E-state index contributed by atoms with van der Waals surface area (Å²) in [5, 5.41) is 44.9. The lowest BCUT2D eigenvalue weighted by atomic mass is 9.91. The highest BCUT2D eigenvalue weighted by atomic mass is 19.1. The second kappa shape index (κ2) is 12.0. The highest BCUT2D eigenvalue weighted by Gasteiger charge is 2.48. The number of hydrogen-bond acceptors (Lipinski definition) is 11. The van der Waals surface area contributed by atoms with Gasteiger partial charge in [0.05, 0.1) is 5.69 Å². The molecule has 3 aliphatic rings. The van der Waals surface area contributed by atoms with Gasteiger partial charge in [0.25, 0.3) is 5.56 Å². The van der Waals surface area contributed by atoms with Gasteiger partial charge in [-0.25, -0.2) is 14.2 Å². The van der Waals surface area contributed by atoms with Crippen LogP contribution in [0, 0.1) is 12.7 Å². The number of ether oxygens (including phenoxy) is 2. The van der Waals surface area contributed by atoms with E-state index in [0.29, 0.717) is 55.0 Å². The Labute approximate surface area is 245 Å². The van der Waals surface area contributed by atoms with Gasteiger partial charge in [-0.15, -0.1) is 0 Å². The minimum absolute atomic E-state index is 0.170. The standard InChI is InChI=1S/C29H35FN4O9/c1-14-17(8-12-33-10-6-15(7-11-33)21-18-5-4-16(30)13-20(18)43-32-21)27(38)34-9-2-3-19(26(34)31-14)41-29-24(37)22(35)23(36)25(42-29)28(39)40/h4-5,13,15,19,22-25,29,35-37H,2-3,6-12H2,1H3,(H,39,40)/t19?,22-,23-,24+,25-,29+/m0/s1. The lowest BCUT2D eigenvalue weighted by Crippen LogP contribution is -2.60. The molecular formula is C29H35FN4O9. The Morgan fingerprint density at radius 3 is 2.63 bits per heavy atom. The first-order chi connectivity index (χ1) is 20.6. The van der Waals surface area contributed by atoms with Crippen molar-refractivity contribution >= 4 is 16.9 Å². The van der Waals surface area contributed by atoms with Crippen molar-refractivity contribution in [2.45, 2.75) is 88.3 Å². The third-order valence-corrected chi connectivity index (χ3v) is 8.86. The Balaban J connectivity index is 1.11. The first kappa shape index (κ1) is 29.8. The highest BCUT2D eigenvalue weighted by molar-refractivity contribution is 5.80. The first-order valence-corrected chi connectivity index (χ1v) is 14.6. The lowest BCUT2D eigenvalue weighted by molar-refractivity contribution is -0.307. The summed E-state index contributed by atoms with van der Waals surface area (Å²) in [4.78, 5) is 32.0. The minimum Gasteiger partial charge on any atom is -0.479 e. The third-order valence-electron chi connectivity index (χ3n) is 8.86. The molecule has 2 aromatic heterocycles. The summed E-state index contributed by atoms with van der Waals surface area (Å²) in [5.41, 5.74) is 2.30. The molecule has 0 aliphatic carbocycles. The average molecular weight is 603 g/mol. The molecule has 5 heterocycles. The number of nitrogens with zero attached hydrogens (tertiary/aromatic N) is 4. The molecule has 0 amide bonds. The van der Waals surface area contributed by atoms with E-state index in [4.69, 9.17) is 14.0 Å². The second-order valence-corrected chi connectivity index (χ2v) is 11.6. The summed E-state index contributed by atoms with van der Waals surface area (Å²) >= 11 is 0. The van der Waals surface area contributed by atoms with Crippen LogP contribution in [0.3, 0.4) is 0 Å². The van der Waals surface area contributed by atoms with Crippen LogP contribution in [0.1, 0.15) is 60.5 Å². The first-order valence-electron chi connectivity index (χ1n) is 14.6. The number of aryl methyl sites for hydroxylation is 1. The van der Waals surface area contributed by atoms with Gasteiger partial charge in [0.2, 0.25) is 0 Å². The Morgan fingerprint density at radius 1 is 1.12 bits per heavy atom. The minimum atomic E-state index is -1.82. The van der Waals surface area contributed by atoms with E-state index in [1.54, 1.807) is 17.6 Å². The van der Waals surface area contributed by atoms with E-state index in [1.807, 2.05) is 0 Å². The van der Waals surface area contributed by atoms with E-state index in [9.17, 15) is 34.4 Å². The van der Waals surface area contributed by atoms with Crippen molar-refractivity contribution in [1.29, 1.82) is 0 Å². The van der Waals surface area contributed by atoms with Crippen molar-refractivity contribution in [2.75, 3.05) is 19.6 Å². The van der Waals surface area contributed by atoms with Gasteiger partial charge in [0.1, 0.15) is 36.1 Å². The zero-order valence-electron chi connectivity index (χ0n) is 23.6. The highest BCUT2D eigenvalue weighted by Crippen LogP contribution is 2.34. The van der Waals surface area contributed by atoms with Gasteiger partial charge in [-0.05, 0) is 64.3 Å². The van der Waals surface area contributed by atoms with Crippen LogP contribution in [-0.2, 0) is 27.2 Å². The van der Waals surface area contributed by atoms with Gasteiger partial charge >= 0.3 is 5.97 Å². The van der Waals surface area contributed by atoms with E-state index in [2.05, 4.69) is 15.0 Å². The fraction of sp³-hybridized carbons (Fsp3) is 0.586. The number of benzene rings is 1. The van der Waals surface area contributed by atoms with Crippen molar-refractivity contribution in [1.82, 2.24) is 19.6 Å². The third kappa shape index (κ3) is 5.70. The number of hydrogen-bond donors (Lipinski definition) is 4. The molecule has 13 nitrogen and oxygen atoms in total. The Kier molecular flexibility index (Phi) is 8.33. The molecule has 0 bridgehead atoms. The average Bonchev–Trinajstić information content (AvgIpc) is 3.40. The van der Waals surface area contributed by atoms with Crippen LogP contribution in [0.5, 0.6) is 0 Å². The molecule has 3 aromatic rings. The topological polar surface area (TPSA) is 181 Å². The number of aliphatic carboxylic acids is 1. The summed E-state index contributed by atoms with van der Waals surface area (Å²) < 4.78 is 31.6. The molecule has 43 heavy (non-hydrogen) atoms. The number of rotatable bonds is 7. The number of halogens is 1. The molecule has 0 saturated carbocycles. The van der Waals surface area contributed by atoms with E-state index < -0.39 is 42.8 Å². The maximum atomic E-state index is 13.6. The van der Waals surface area contributed by atoms with Crippen molar-refractivity contribution in [3.8, 4) is 0 Å². The fourth-order valence-electron chi connectivity index (χ4n) is 6.42. The van der Waals surface area contributed by atoms with Gasteiger partial charge in [-0.3, -0.25) is 9.36 Å². The zero-order chi connectivity index (χ0) is 30.4. The summed E-state index contributed by atoms with van der Waals surface area (Å²) in [6.07, 6.45) is -6.14. The van der Waals surface area contributed by atoms with E-state index in [-0.39, 0.29) is 17.3 Å². The predicted molar refractivity (Wildman–Crippen MR) is 147 cm³/mol. The van der Waals surface area contributed by atoms with E-state index in [1.165, 1.54) is 12.1 Å². The van der Waals surface area contributed by atoms with Gasteiger partial charge in [0.15, 0.2) is 18.0 Å². The number of carboxylic acid groups (broad SMARTS) is 1. The Hall–Kier alpha value is -3.27. The monoisotopic (exact) mass is 602 g/mol. The number of aliphatic hydroxyl groups is 3. The Bertz CT molecular complexity index is 1550. The quantitative estimate of drug-likeness (QED) is 0.302. The van der Waals surface area contributed by atoms with Crippen molar-refractivity contribution in [3.05, 3.63) is 57.1 Å². The number of carbonyl (C=O) groups is 1. The SMILES string of the molecule is Cc1nc2n(c(=O)c1CCN1CCC(c3noc4cc(F)ccc34)CC1)CCCC2O[C@@H]1O[C@H](C(=O)O)[C@@H](O)[C@H](O)[C@H]1O. The van der Waals surface area contributed by atoms with Crippen molar-refractivity contribution in [3.63, 3.8) is 0 Å². The molecular weight excluding hydrogens is 567 g/mol. The molecule has 4 N–H and O–H groups in total.